The Labute approximate surface area is 124 Å². The molecule has 1 heterocycles. The fraction of sp³-hybridized carbons (Fsp3) is 0.462. The van der Waals surface area contributed by atoms with Crippen molar-refractivity contribution in [2.45, 2.75) is 19.1 Å². The van der Waals surface area contributed by atoms with Crippen LogP contribution >= 0.6 is 27.5 Å². The summed E-state index contributed by atoms with van der Waals surface area (Å²) >= 11 is 9.26. The number of morpholine rings is 1. The standard InChI is InChI=1S/C13H14BrClFNO2/c1-8-6-17(7-9(5-14)19-8)13(18)12-10(15)3-2-4-11(12)16/h2-4,8-9H,5-7H2,1H3. The van der Waals surface area contributed by atoms with Gasteiger partial charge in [0.25, 0.3) is 5.91 Å². The van der Waals surface area contributed by atoms with E-state index in [0.717, 1.165) is 0 Å². The van der Waals surface area contributed by atoms with Gasteiger partial charge in [-0.25, -0.2) is 4.39 Å². The van der Waals surface area contributed by atoms with Crippen LogP contribution in [0.4, 0.5) is 4.39 Å². The Morgan fingerprint density at radius 2 is 2.32 bits per heavy atom. The van der Waals surface area contributed by atoms with E-state index in [9.17, 15) is 9.18 Å². The molecule has 3 nitrogen and oxygen atoms in total. The lowest BCUT2D eigenvalue weighted by molar-refractivity contribution is -0.0560. The predicted molar refractivity (Wildman–Crippen MR) is 75.4 cm³/mol. The first-order valence-electron chi connectivity index (χ1n) is 5.97. The molecule has 6 heteroatoms. The number of hydrogen-bond acceptors (Lipinski definition) is 2. The van der Waals surface area contributed by atoms with Gasteiger partial charge in [-0.3, -0.25) is 4.79 Å². The van der Waals surface area contributed by atoms with Crippen LogP contribution in [0.2, 0.25) is 5.02 Å². The molecule has 0 bridgehead atoms. The topological polar surface area (TPSA) is 29.5 Å². The summed E-state index contributed by atoms with van der Waals surface area (Å²) in [5.41, 5.74) is -0.0633. The molecular formula is C13H14BrClFNO2. The number of benzene rings is 1. The summed E-state index contributed by atoms with van der Waals surface area (Å²) in [5.74, 6) is -0.976. The molecule has 0 aromatic heterocycles. The zero-order valence-electron chi connectivity index (χ0n) is 10.4. The molecule has 0 N–H and O–H groups in total. The summed E-state index contributed by atoms with van der Waals surface area (Å²) in [5, 5.41) is 0.770. The number of amides is 1. The second-order valence-corrected chi connectivity index (χ2v) is 5.58. The lowest BCUT2D eigenvalue weighted by Gasteiger charge is -2.36. The highest BCUT2D eigenvalue weighted by Crippen LogP contribution is 2.23. The molecule has 1 aliphatic rings. The van der Waals surface area contributed by atoms with Gasteiger partial charge in [0.05, 0.1) is 22.8 Å². The molecule has 0 spiro atoms. The molecule has 1 aromatic rings. The van der Waals surface area contributed by atoms with E-state index in [2.05, 4.69) is 15.9 Å². The molecule has 1 aromatic carbocycles. The number of carbonyl (C=O) groups is 1. The quantitative estimate of drug-likeness (QED) is 0.767. The van der Waals surface area contributed by atoms with Crippen molar-refractivity contribution < 1.29 is 13.9 Å². The monoisotopic (exact) mass is 349 g/mol. The SMILES string of the molecule is CC1CN(C(=O)c2c(F)cccc2Cl)CC(CBr)O1. The third-order valence-corrected chi connectivity index (χ3v) is 4.00. The number of nitrogens with zero attached hydrogens (tertiary/aromatic N) is 1. The normalized spacial score (nSPS) is 23.5. The molecule has 1 amide bonds. The summed E-state index contributed by atoms with van der Waals surface area (Å²) in [4.78, 5) is 14.0. The highest BCUT2D eigenvalue weighted by atomic mass is 79.9. The van der Waals surface area contributed by atoms with Crippen molar-refractivity contribution in [1.29, 1.82) is 0 Å². The van der Waals surface area contributed by atoms with Crippen LogP contribution < -0.4 is 0 Å². The summed E-state index contributed by atoms with van der Waals surface area (Å²) in [6, 6.07) is 4.24. The van der Waals surface area contributed by atoms with Crippen LogP contribution in [0.25, 0.3) is 0 Å². The van der Waals surface area contributed by atoms with Gasteiger partial charge in [0.1, 0.15) is 5.82 Å². The third kappa shape index (κ3) is 3.27. The zero-order chi connectivity index (χ0) is 14.0. The van der Waals surface area contributed by atoms with E-state index in [0.29, 0.717) is 18.4 Å². The average Bonchev–Trinajstić information content (AvgIpc) is 2.37. The lowest BCUT2D eigenvalue weighted by Crippen LogP contribution is -2.50. The minimum atomic E-state index is -0.591. The second-order valence-electron chi connectivity index (χ2n) is 4.53. The molecule has 0 saturated carbocycles. The predicted octanol–water partition coefficient (Wildman–Crippen LogP) is 3.10. The Kier molecular flexibility index (Phi) is 4.81. The molecule has 1 fully saturated rings. The van der Waals surface area contributed by atoms with E-state index in [4.69, 9.17) is 16.3 Å². The van der Waals surface area contributed by atoms with Crippen molar-refractivity contribution in [3.63, 3.8) is 0 Å². The minimum Gasteiger partial charge on any atom is -0.371 e. The lowest BCUT2D eigenvalue weighted by atomic mass is 10.1. The minimum absolute atomic E-state index is 0.0633. The average molecular weight is 351 g/mol. The maximum atomic E-state index is 13.8. The van der Waals surface area contributed by atoms with Gasteiger partial charge in [-0.05, 0) is 19.1 Å². The van der Waals surface area contributed by atoms with Crippen molar-refractivity contribution in [2.24, 2.45) is 0 Å². The molecular weight excluding hydrogens is 337 g/mol. The smallest absolute Gasteiger partial charge is 0.258 e. The van der Waals surface area contributed by atoms with Crippen LogP contribution in [0.15, 0.2) is 18.2 Å². The van der Waals surface area contributed by atoms with Gasteiger partial charge in [0.2, 0.25) is 0 Å². The molecule has 2 atom stereocenters. The summed E-state index contributed by atoms with van der Waals surface area (Å²) in [6.07, 6.45) is -0.163. The third-order valence-electron chi connectivity index (χ3n) is 2.96. The second kappa shape index (κ2) is 6.20. The van der Waals surface area contributed by atoms with Crippen LogP contribution in [0.5, 0.6) is 0 Å². The molecule has 0 radical (unpaired) electrons. The van der Waals surface area contributed by atoms with E-state index in [1.807, 2.05) is 6.92 Å². The Hall–Kier alpha value is -0.650. The zero-order valence-corrected chi connectivity index (χ0v) is 12.7. The highest BCUT2D eigenvalue weighted by molar-refractivity contribution is 9.09. The van der Waals surface area contributed by atoms with Crippen LogP contribution in [0.3, 0.4) is 0 Å². The van der Waals surface area contributed by atoms with Crippen LogP contribution in [0, 0.1) is 5.82 Å². The Morgan fingerprint density at radius 1 is 1.58 bits per heavy atom. The molecule has 1 saturated heterocycles. The maximum Gasteiger partial charge on any atom is 0.258 e. The summed E-state index contributed by atoms with van der Waals surface area (Å²) in [7, 11) is 0. The summed E-state index contributed by atoms with van der Waals surface area (Å²) < 4.78 is 19.4. The van der Waals surface area contributed by atoms with Gasteiger partial charge >= 0.3 is 0 Å². The van der Waals surface area contributed by atoms with Gasteiger partial charge in [-0.15, -0.1) is 0 Å². The number of ether oxygens (including phenoxy) is 1. The number of halogens is 3. The van der Waals surface area contributed by atoms with E-state index in [-0.39, 0.29) is 28.7 Å². The van der Waals surface area contributed by atoms with Gasteiger partial charge in [-0.1, -0.05) is 33.6 Å². The van der Waals surface area contributed by atoms with E-state index < -0.39 is 5.82 Å². The first-order valence-corrected chi connectivity index (χ1v) is 7.47. The van der Waals surface area contributed by atoms with Gasteiger partial charge in [0.15, 0.2) is 0 Å². The number of carbonyl (C=O) groups excluding carboxylic acids is 1. The van der Waals surface area contributed by atoms with E-state index >= 15 is 0 Å². The number of hydrogen-bond donors (Lipinski definition) is 0. The van der Waals surface area contributed by atoms with Crippen molar-refractivity contribution >= 4 is 33.4 Å². The fourth-order valence-corrected chi connectivity index (χ4v) is 2.76. The van der Waals surface area contributed by atoms with Crippen LogP contribution in [-0.4, -0.2) is 41.4 Å². The van der Waals surface area contributed by atoms with Gasteiger partial charge in [-0.2, -0.15) is 0 Å². The highest BCUT2D eigenvalue weighted by Gasteiger charge is 2.30. The molecule has 0 aliphatic carbocycles. The van der Waals surface area contributed by atoms with Crippen molar-refractivity contribution in [3.8, 4) is 0 Å². The molecule has 1 aliphatic heterocycles. The van der Waals surface area contributed by atoms with E-state index in [1.165, 1.54) is 18.2 Å². The Bertz CT molecular complexity index is 465. The number of alkyl halides is 1. The van der Waals surface area contributed by atoms with Gasteiger partial charge in [0, 0.05) is 18.4 Å². The Morgan fingerprint density at radius 3 is 2.95 bits per heavy atom. The largest absolute Gasteiger partial charge is 0.371 e. The molecule has 104 valence electrons. The molecule has 2 unspecified atom stereocenters. The molecule has 2 rings (SSSR count). The Balaban J connectivity index is 2.24. The van der Waals surface area contributed by atoms with Crippen molar-refractivity contribution in [2.75, 3.05) is 18.4 Å². The van der Waals surface area contributed by atoms with Crippen LogP contribution in [-0.2, 0) is 4.74 Å². The van der Waals surface area contributed by atoms with Crippen molar-refractivity contribution in [3.05, 3.63) is 34.6 Å². The van der Waals surface area contributed by atoms with Crippen LogP contribution in [0.1, 0.15) is 17.3 Å². The molecule has 19 heavy (non-hydrogen) atoms. The first kappa shape index (κ1) is 14.8. The fourth-order valence-electron chi connectivity index (χ4n) is 2.16. The first-order chi connectivity index (χ1) is 9.02. The number of rotatable bonds is 2. The van der Waals surface area contributed by atoms with Crippen molar-refractivity contribution in [1.82, 2.24) is 4.90 Å². The maximum absolute atomic E-state index is 13.8. The summed E-state index contributed by atoms with van der Waals surface area (Å²) in [6.45, 7) is 2.75. The van der Waals surface area contributed by atoms with E-state index in [1.54, 1.807) is 4.90 Å². The van der Waals surface area contributed by atoms with Gasteiger partial charge < -0.3 is 9.64 Å².